The van der Waals surface area contributed by atoms with Crippen molar-refractivity contribution in [3.63, 3.8) is 0 Å². The summed E-state index contributed by atoms with van der Waals surface area (Å²) in [6.07, 6.45) is -5.66. The average molecular weight is 259 g/mol. The molecule has 0 fully saturated rings. The Kier molecular flexibility index (Phi) is 5.51. The first-order valence-electron chi connectivity index (χ1n) is 5.44. The Labute approximate surface area is 104 Å². The van der Waals surface area contributed by atoms with Crippen molar-refractivity contribution in [3.05, 3.63) is 35.9 Å². The summed E-state index contributed by atoms with van der Waals surface area (Å²) in [4.78, 5) is 11.3. The van der Waals surface area contributed by atoms with E-state index in [2.05, 4.69) is 5.32 Å². The Morgan fingerprint density at radius 3 is 2.56 bits per heavy atom. The summed E-state index contributed by atoms with van der Waals surface area (Å²) in [7, 11) is 0. The van der Waals surface area contributed by atoms with Crippen LogP contribution in [0, 0.1) is 0 Å². The van der Waals surface area contributed by atoms with Gasteiger partial charge >= 0.3 is 6.09 Å². The molecule has 0 heterocycles. The fraction of sp³-hybridized carbons (Fsp3) is 0.417. The summed E-state index contributed by atoms with van der Waals surface area (Å²) in [6.45, 7) is 1.32. The molecule has 2 atom stereocenters. The third kappa shape index (κ3) is 4.67. The summed E-state index contributed by atoms with van der Waals surface area (Å²) in [6, 6.07) is 7.87. The molecule has 1 aromatic rings. The maximum absolute atomic E-state index is 12.1. The van der Waals surface area contributed by atoms with Gasteiger partial charge in [-0.05, 0) is 12.5 Å². The van der Waals surface area contributed by atoms with Crippen LogP contribution in [0.5, 0.6) is 0 Å². The number of rotatable bonds is 5. The molecule has 0 radical (unpaired) electrons. The Balaban J connectivity index is 2.34. The van der Waals surface area contributed by atoms with Crippen LogP contribution in [0.4, 0.5) is 13.6 Å². The molecule has 2 N–H and O–H groups in total. The van der Waals surface area contributed by atoms with Gasteiger partial charge in [-0.3, -0.25) is 0 Å². The lowest BCUT2D eigenvalue weighted by Crippen LogP contribution is -2.44. The predicted octanol–water partition coefficient (Wildman–Crippen LogP) is 1.93. The molecule has 2 unspecified atom stereocenters. The molecule has 0 aliphatic carbocycles. The van der Waals surface area contributed by atoms with E-state index in [1.807, 2.05) is 6.07 Å². The van der Waals surface area contributed by atoms with E-state index in [1.54, 1.807) is 24.3 Å². The van der Waals surface area contributed by atoms with Gasteiger partial charge in [0, 0.05) is 0 Å². The summed E-state index contributed by atoms with van der Waals surface area (Å²) >= 11 is 0. The van der Waals surface area contributed by atoms with Crippen molar-refractivity contribution < 1.29 is 23.4 Å². The van der Waals surface area contributed by atoms with Gasteiger partial charge in [-0.1, -0.05) is 30.3 Å². The molecule has 0 aliphatic heterocycles. The first-order valence-corrected chi connectivity index (χ1v) is 5.44. The zero-order chi connectivity index (χ0) is 13.5. The van der Waals surface area contributed by atoms with Gasteiger partial charge in [0.2, 0.25) is 0 Å². The molecule has 1 aromatic carbocycles. The minimum absolute atomic E-state index is 0.0458. The molecule has 0 bridgehead atoms. The number of alkyl halides is 2. The second-order valence-electron chi connectivity index (χ2n) is 3.82. The van der Waals surface area contributed by atoms with Gasteiger partial charge in [0.1, 0.15) is 12.7 Å². The predicted molar refractivity (Wildman–Crippen MR) is 61.2 cm³/mol. The molecule has 0 aromatic heterocycles. The zero-order valence-corrected chi connectivity index (χ0v) is 9.85. The van der Waals surface area contributed by atoms with Crippen molar-refractivity contribution in [2.24, 2.45) is 0 Å². The summed E-state index contributed by atoms with van der Waals surface area (Å²) in [5, 5.41) is 11.1. The number of alkyl carbamates (subject to hydrolysis) is 1. The Morgan fingerprint density at radius 1 is 1.39 bits per heavy atom. The zero-order valence-electron chi connectivity index (χ0n) is 9.85. The van der Waals surface area contributed by atoms with Gasteiger partial charge in [0.25, 0.3) is 6.43 Å². The van der Waals surface area contributed by atoms with E-state index in [4.69, 9.17) is 9.84 Å². The van der Waals surface area contributed by atoms with Gasteiger partial charge < -0.3 is 15.2 Å². The van der Waals surface area contributed by atoms with Gasteiger partial charge in [-0.15, -0.1) is 0 Å². The van der Waals surface area contributed by atoms with Crippen LogP contribution in [0.1, 0.15) is 12.5 Å². The second kappa shape index (κ2) is 6.90. The second-order valence-corrected chi connectivity index (χ2v) is 3.82. The number of amides is 1. The fourth-order valence-electron chi connectivity index (χ4n) is 1.25. The number of carbonyl (C=O) groups is 1. The van der Waals surface area contributed by atoms with Crippen LogP contribution in [-0.2, 0) is 11.3 Å². The first kappa shape index (κ1) is 14.4. The summed E-state index contributed by atoms with van der Waals surface area (Å²) in [5.41, 5.74) is 0.787. The molecule has 1 amide bonds. The van der Waals surface area contributed by atoms with Crippen LogP contribution in [0.15, 0.2) is 30.3 Å². The summed E-state index contributed by atoms with van der Waals surface area (Å²) in [5.74, 6) is 0. The Bertz CT molecular complexity index is 373. The maximum Gasteiger partial charge on any atom is 0.407 e. The lowest BCUT2D eigenvalue weighted by atomic mass is 10.2. The molecule has 0 aliphatic rings. The third-order valence-electron chi connectivity index (χ3n) is 2.33. The number of carbonyl (C=O) groups excluding carboxylic acids is 1. The van der Waals surface area contributed by atoms with Crippen molar-refractivity contribution in [2.75, 3.05) is 0 Å². The molecule has 0 spiro atoms. The number of aliphatic hydroxyl groups is 1. The number of halogens is 2. The van der Waals surface area contributed by atoms with Gasteiger partial charge in [0.05, 0.1) is 6.04 Å². The van der Waals surface area contributed by atoms with E-state index in [-0.39, 0.29) is 6.61 Å². The van der Waals surface area contributed by atoms with Gasteiger partial charge in [-0.2, -0.15) is 0 Å². The topological polar surface area (TPSA) is 58.6 Å². The van der Waals surface area contributed by atoms with E-state index in [0.717, 1.165) is 5.56 Å². The highest BCUT2D eigenvalue weighted by Crippen LogP contribution is 2.06. The van der Waals surface area contributed by atoms with Crippen molar-refractivity contribution in [1.29, 1.82) is 0 Å². The molecule has 6 heteroatoms. The van der Waals surface area contributed by atoms with Crippen LogP contribution in [-0.4, -0.2) is 29.8 Å². The molecular formula is C12H15F2NO3. The van der Waals surface area contributed by atoms with Crippen LogP contribution < -0.4 is 5.32 Å². The van der Waals surface area contributed by atoms with E-state index in [9.17, 15) is 13.6 Å². The normalized spacial score (nSPS) is 14.1. The molecule has 4 nitrogen and oxygen atoms in total. The highest BCUT2D eigenvalue weighted by atomic mass is 19.3. The van der Waals surface area contributed by atoms with Crippen LogP contribution >= 0.6 is 0 Å². The van der Waals surface area contributed by atoms with Crippen LogP contribution in [0.3, 0.4) is 0 Å². The Morgan fingerprint density at radius 2 is 2.00 bits per heavy atom. The minimum Gasteiger partial charge on any atom is -0.445 e. The Hall–Kier alpha value is -1.69. The fourth-order valence-corrected chi connectivity index (χ4v) is 1.25. The number of hydrogen-bond donors (Lipinski definition) is 2. The van der Waals surface area contributed by atoms with Crippen LogP contribution in [0.25, 0.3) is 0 Å². The van der Waals surface area contributed by atoms with Crippen molar-refractivity contribution in [3.8, 4) is 0 Å². The van der Waals surface area contributed by atoms with E-state index >= 15 is 0 Å². The number of aliphatic hydroxyl groups excluding tert-OH is 1. The van der Waals surface area contributed by atoms with E-state index < -0.39 is 24.7 Å². The van der Waals surface area contributed by atoms with Crippen LogP contribution in [0.2, 0.25) is 0 Å². The maximum atomic E-state index is 12.1. The monoisotopic (exact) mass is 259 g/mol. The molecule has 18 heavy (non-hydrogen) atoms. The first-order chi connectivity index (χ1) is 8.50. The molecule has 1 rings (SSSR count). The van der Waals surface area contributed by atoms with Crippen molar-refractivity contribution in [1.82, 2.24) is 5.32 Å². The number of nitrogens with one attached hydrogen (secondary N) is 1. The van der Waals surface area contributed by atoms with E-state index in [0.29, 0.717) is 0 Å². The largest absolute Gasteiger partial charge is 0.445 e. The van der Waals surface area contributed by atoms with Crippen molar-refractivity contribution in [2.45, 2.75) is 32.1 Å². The van der Waals surface area contributed by atoms with Crippen molar-refractivity contribution >= 4 is 6.09 Å². The lowest BCUT2D eigenvalue weighted by Gasteiger charge is -2.19. The third-order valence-corrected chi connectivity index (χ3v) is 2.33. The number of ether oxygens (including phenoxy) is 1. The minimum atomic E-state index is -2.91. The highest BCUT2D eigenvalue weighted by Gasteiger charge is 2.25. The smallest absolute Gasteiger partial charge is 0.407 e. The highest BCUT2D eigenvalue weighted by molar-refractivity contribution is 5.67. The average Bonchev–Trinajstić information content (AvgIpc) is 2.36. The molecule has 0 saturated carbocycles. The molecular weight excluding hydrogens is 244 g/mol. The van der Waals surface area contributed by atoms with E-state index in [1.165, 1.54) is 6.92 Å². The quantitative estimate of drug-likeness (QED) is 0.849. The SMILES string of the molecule is CC(NC(=O)OCc1ccccc1)C(O)C(F)F. The molecule has 100 valence electrons. The lowest BCUT2D eigenvalue weighted by molar-refractivity contribution is -0.0222. The van der Waals surface area contributed by atoms with Gasteiger partial charge in [-0.25, -0.2) is 13.6 Å². The standard InChI is InChI=1S/C12H15F2NO3/c1-8(10(16)11(13)14)15-12(17)18-7-9-5-3-2-4-6-9/h2-6,8,10-11,16H,7H2,1H3,(H,15,17). The van der Waals surface area contributed by atoms with Gasteiger partial charge in [0.15, 0.2) is 0 Å². The number of hydrogen-bond acceptors (Lipinski definition) is 3. The summed E-state index contributed by atoms with van der Waals surface area (Å²) < 4.78 is 29.1. The number of benzene rings is 1. The molecule has 0 saturated heterocycles.